The van der Waals surface area contributed by atoms with E-state index in [1.807, 2.05) is 24.3 Å². The fourth-order valence-electron chi connectivity index (χ4n) is 5.75. The van der Waals surface area contributed by atoms with E-state index in [0.29, 0.717) is 0 Å². The molecule has 0 aromatic heterocycles. The van der Waals surface area contributed by atoms with Crippen molar-refractivity contribution in [3.05, 3.63) is 179 Å². The molecule has 0 bridgehead atoms. The van der Waals surface area contributed by atoms with Crippen LogP contribution in [0.4, 0.5) is 13.2 Å². The van der Waals surface area contributed by atoms with E-state index in [1.54, 1.807) is 0 Å². The fraction of sp³-hybridized carbons (Fsp3) is 0.196. The van der Waals surface area contributed by atoms with Gasteiger partial charge in [0, 0.05) is 0 Å². The third-order valence-electron chi connectivity index (χ3n) is 8.77. The maximum atomic E-state index is 12.3. The van der Waals surface area contributed by atoms with Gasteiger partial charge in [0.2, 0.25) is 0 Å². The number of halogens is 3. The molecule has 0 saturated heterocycles. The van der Waals surface area contributed by atoms with Crippen LogP contribution >= 0.6 is 0 Å². The predicted octanol–water partition coefficient (Wildman–Crippen LogP) is 13.2. The van der Waals surface area contributed by atoms with Crippen LogP contribution in [-0.4, -0.2) is 3.26 Å². The molecule has 0 aliphatic rings. The molecule has 0 spiro atoms. The third kappa shape index (κ3) is 9.34. The van der Waals surface area contributed by atoms with Gasteiger partial charge >= 0.3 is 105 Å². The molecule has 50 heavy (non-hydrogen) atoms. The van der Waals surface area contributed by atoms with Crippen molar-refractivity contribution in [2.24, 2.45) is 0 Å². The van der Waals surface area contributed by atoms with Crippen molar-refractivity contribution < 1.29 is 37.1 Å². The Morgan fingerprint density at radius 2 is 0.960 bits per heavy atom. The number of rotatable bonds is 3. The monoisotopic (exact) mass is 832 g/mol. The van der Waals surface area contributed by atoms with Crippen LogP contribution in [0, 0.1) is 0 Å². The quantitative estimate of drug-likeness (QED) is 0.123. The van der Waals surface area contributed by atoms with Gasteiger partial charge in [-0.15, -0.1) is 51.4 Å². The van der Waals surface area contributed by atoms with E-state index >= 15 is 0 Å². The van der Waals surface area contributed by atoms with Crippen molar-refractivity contribution in [2.45, 2.75) is 58.5 Å². The average Bonchev–Trinajstić information content (AvgIpc) is 3.76. The van der Waals surface area contributed by atoms with Crippen molar-refractivity contribution in [1.82, 2.24) is 0 Å². The van der Waals surface area contributed by atoms with Gasteiger partial charge in [0.25, 0.3) is 0 Å². The number of fused-ring (bicyclic) bond motifs is 3. The van der Waals surface area contributed by atoms with Crippen molar-refractivity contribution >= 4 is 24.8 Å². The molecule has 0 atom stereocenters. The predicted molar refractivity (Wildman–Crippen MR) is 203 cm³/mol. The minimum atomic E-state index is -4.26. The minimum absolute atomic E-state index is 0.203. The number of alkyl halides is 3. The van der Waals surface area contributed by atoms with Gasteiger partial charge in [-0.1, -0.05) is 101 Å². The zero-order chi connectivity index (χ0) is 36.1. The molecule has 0 N–H and O–H groups in total. The van der Waals surface area contributed by atoms with Crippen LogP contribution in [-0.2, 0) is 40.9 Å². The Bertz CT molecular complexity index is 2030. The van der Waals surface area contributed by atoms with Crippen molar-refractivity contribution in [1.29, 1.82) is 0 Å². The molecule has 0 unspecified atom stereocenters. The van der Waals surface area contributed by atoms with Crippen LogP contribution in [0.5, 0.6) is 0 Å². The van der Waals surface area contributed by atoms with Gasteiger partial charge in [-0.25, -0.2) is 0 Å². The van der Waals surface area contributed by atoms with Gasteiger partial charge in [0.05, 0.1) is 5.56 Å². The Morgan fingerprint density at radius 1 is 0.520 bits per heavy atom. The van der Waals surface area contributed by atoms with Gasteiger partial charge in [-0.3, -0.25) is 0 Å². The summed E-state index contributed by atoms with van der Waals surface area (Å²) in [5, 5.41) is 5.48. The molecule has 0 radical (unpaired) electrons. The Kier molecular flexibility index (Phi) is 11.4. The van der Waals surface area contributed by atoms with Crippen LogP contribution < -0.4 is 0 Å². The zero-order valence-electron chi connectivity index (χ0n) is 29.6. The van der Waals surface area contributed by atoms with Crippen LogP contribution in [0.2, 0.25) is 0 Å². The van der Waals surface area contributed by atoms with Crippen LogP contribution in [0.15, 0.2) is 152 Å². The molecule has 0 aliphatic heterocycles. The number of hydrogen-bond donors (Lipinski definition) is 0. The van der Waals surface area contributed by atoms with Gasteiger partial charge in [-0.2, -0.15) is 36.9 Å². The Balaban J connectivity index is 0.000000150. The molecule has 252 valence electrons. The Labute approximate surface area is 309 Å². The zero-order valence-corrected chi connectivity index (χ0v) is 33.2. The molecular formula is C46H43F3Hf. The summed E-state index contributed by atoms with van der Waals surface area (Å²) in [5.74, 6) is 0. The van der Waals surface area contributed by atoms with Gasteiger partial charge < -0.3 is 0 Å². The SMILES string of the molecule is CC(C)(C)c1ccc2c(c1)[cH-]c1cc(C(C)(C)C)ccc12.FC(F)(F)c1ccc(-c2ccc[cH-]2)cc1.[Hf+2]=[C](c1ccccc1)c1ccccc1. The molecular weight excluding hydrogens is 788 g/mol. The second-order valence-corrected chi connectivity index (χ2v) is 16.4. The summed E-state index contributed by atoms with van der Waals surface area (Å²) in [5.41, 5.74) is 7.04. The third-order valence-corrected chi connectivity index (χ3v) is 10.8. The normalized spacial score (nSPS) is 11.8. The van der Waals surface area contributed by atoms with E-state index < -0.39 is 11.7 Å². The van der Waals surface area contributed by atoms with E-state index in [-0.39, 0.29) is 10.8 Å². The average molecular weight is 831 g/mol. The summed E-state index contributed by atoms with van der Waals surface area (Å²) < 4.78 is 38.3. The Hall–Kier alpha value is -4.15. The van der Waals surface area contributed by atoms with E-state index in [0.717, 1.165) is 47.2 Å². The molecule has 7 aromatic rings. The summed E-state index contributed by atoms with van der Waals surface area (Å²) in [6.07, 6.45) is -4.26. The van der Waals surface area contributed by atoms with Crippen molar-refractivity contribution in [2.75, 3.05) is 0 Å². The van der Waals surface area contributed by atoms with E-state index in [2.05, 4.69) is 145 Å². The summed E-state index contributed by atoms with van der Waals surface area (Å²) in [4.78, 5) is 0. The van der Waals surface area contributed by atoms with Crippen LogP contribution in [0.3, 0.4) is 0 Å². The second-order valence-electron chi connectivity index (χ2n) is 14.6. The van der Waals surface area contributed by atoms with Crippen LogP contribution in [0.1, 0.15) is 69.4 Å². The van der Waals surface area contributed by atoms with E-state index in [4.69, 9.17) is 0 Å². The van der Waals surface area contributed by atoms with E-state index in [9.17, 15) is 13.2 Å². The Morgan fingerprint density at radius 3 is 1.34 bits per heavy atom. The molecule has 7 aromatic carbocycles. The molecule has 0 saturated carbocycles. The summed E-state index contributed by atoms with van der Waals surface area (Å²) >= 11 is 1.08. The number of benzene rings is 5. The second kappa shape index (κ2) is 15.4. The standard InChI is InChI=1S/C21H25.C13H10.C12H8F3.Hf/c1-20(2,3)16-7-9-18-14(12-16)11-15-13-17(21(4,5)6)8-10-19(15)18;1-3-7-12(8-4-1)11-13-9-5-2-6-10-13;13-12(14,15)11-7-5-10(6-8-11)9-3-1-2-4-9;/h7-13H,1-6H3;1-10H;1-8H;/q-1;;-1;+2. The first kappa shape index (κ1) is 37.1. The first-order chi connectivity index (χ1) is 23.6. The molecule has 4 heteroatoms. The van der Waals surface area contributed by atoms with Crippen molar-refractivity contribution in [3.63, 3.8) is 0 Å². The summed E-state index contributed by atoms with van der Waals surface area (Å²) in [6, 6.07) is 50.0. The maximum absolute atomic E-state index is 12.3. The topological polar surface area (TPSA) is 0 Å². The van der Waals surface area contributed by atoms with Crippen LogP contribution in [0.25, 0.3) is 32.7 Å². The fourth-order valence-corrected chi connectivity index (χ4v) is 6.95. The summed E-state index contributed by atoms with van der Waals surface area (Å²) in [6.45, 7) is 13.6. The molecule has 0 aliphatic carbocycles. The van der Waals surface area contributed by atoms with Crippen molar-refractivity contribution in [3.8, 4) is 11.1 Å². The van der Waals surface area contributed by atoms with E-state index in [1.165, 1.54) is 59.2 Å². The van der Waals surface area contributed by atoms with Gasteiger partial charge in [0.15, 0.2) is 0 Å². The van der Waals surface area contributed by atoms with Gasteiger partial charge in [0.1, 0.15) is 0 Å². The molecule has 7 rings (SSSR count). The molecule has 0 fully saturated rings. The molecule has 0 heterocycles. The summed E-state index contributed by atoms with van der Waals surface area (Å²) in [7, 11) is 0. The first-order valence-corrected chi connectivity index (χ1v) is 18.6. The van der Waals surface area contributed by atoms with Gasteiger partial charge in [-0.05, 0) is 10.8 Å². The number of hydrogen-bond acceptors (Lipinski definition) is 0. The molecule has 0 nitrogen and oxygen atoms in total. The first-order valence-electron chi connectivity index (χ1n) is 16.8. The molecule has 0 amide bonds.